The molecule has 0 aromatic carbocycles. The minimum Gasteiger partial charge on any atom is -0.480 e. The highest BCUT2D eigenvalue weighted by Gasteiger charge is 2.50. The Morgan fingerprint density at radius 2 is 2.15 bits per heavy atom. The lowest BCUT2D eigenvalue weighted by Gasteiger charge is -2.26. The van der Waals surface area contributed by atoms with Crippen LogP contribution < -0.4 is 0 Å². The summed E-state index contributed by atoms with van der Waals surface area (Å²) in [6, 6.07) is 1.53. The van der Waals surface area contributed by atoms with Crippen molar-refractivity contribution >= 4 is 23.2 Å². The van der Waals surface area contributed by atoms with E-state index >= 15 is 0 Å². The molecule has 2 saturated carbocycles. The van der Waals surface area contributed by atoms with Gasteiger partial charge in [0.05, 0.1) is 0 Å². The molecule has 5 heteroatoms. The number of carboxylic acids is 1. The predicted molar refractivity (Wildman–Crippen MR) is 76.9 cm³/mol. The van der Waals surface area contributed by atoms with E-state index in [1.54, 1.807) is 23.2 Å². The lowest BCUT2D eigenvalue weighted by molar-refractivity contribution is -0.150. The van der Waals surface area contributed by atoms with Gasteiger partial charge < -0.3 is 10.0 Å². The SMILES string of the molecule is Cc1ccsc1C1CC1C(=O)N(C1CC1)C(C)C(=O)O. The molecule has 1 N–H and O–H groups in total. The maximum Gasteiger partial charge on any atom is 0.326 e. The highest BCUT2D eigenvalue weighted by Crippen LogP contribution is 2.52. The van der Waals surface area contributed by atoms with Crippen LogP contribution in [0.2, 0.25) is 0 Å². The van der Waals surface area contributed by atoms with E-state index < -0.39 is 12.0 Å². The molecule has 3 atom stereocenters. The molecule has 2 fully saturated rings. The normalized spacial score (nSPS) is 26.1. The van der Waals surface area contributed by atoms with Crippen molar-refractivity contribution in [2.45, 2.75) is 51.1 Å². The van der Waals surface area contributed by atoms with Gasteiger partial charge in [-0.2, -0.15) is 0 Å². The molecule has 2 aliphatic rings. The van der Waals surface area contributed by atoms with Gasteiger partial charge >= 0.3 is 5.97 Å². The Labute approximate surface area is 122 Å². The minimum atomic E-state index is -0.908. The number of carbonyl (C=O) groups excluding carboxylic acids is 1. The zero-order valence-corrected chi connectivity index (χ0v) is 12.5. The molecule has 0 bridgehead atoms. The molecule has 0 aliphatic heterocycles. The number of thiophene rings is 1. The summed E-state index contributed by atoms with van der Waals surface area (Å²) >= 11 is 1.70. The van der Waals surface area contributed by atoms with Gasteiger partial charge in [-0.25, -0.2) is 4.79 Å². The first-order valence-electron chi connectivity index (χ1n) is 7.09. The van der Waals surface area contributed by atoms with E-state index in [0.717, 1.165) is 19.3 Å². The molecule has 1 heterocycles. The van der Waals surface area contributed by atoms with Crippen molar-refractivity contribution in [1.82, 2.24) is 4.90 Å². The number of nitrogens with zero attached hydrogens (tertiary/aromatic N) is 1. The smallest absolute Gasteiger partial charge is 0.326 e. The van der Waals surface area contributed by atoms with Crippen molar-refractivity contribution in [2.24, 2.45) is 5.92 Å². The summed E-state index contributed by atoms with van der Waals surface area (Å²) in [5.74, 6) is -0.561. The first-order chi connectivity index (χ1) is 9.50. The molecule has 2 aliphatic carbocycles. The average molecular weight is 293 g/mol. The zero-order valence-electron chi connectivity index (χ0n) is 11.7. The van der Waals surface area contributed by atoms with Crippen LogP contribution in [0.3, 0.4) is 0 Å². The Balaban J connectivity index is 1.73. The van der Waals surface area contributed by atoms with Gasteiger partial charge in [0.15, 0.2) is 0 Å². The van der Waals surface area contributed by atoms with Crippen molar-refractivity contribution in [3.05, 3.63) is 21.9 Å². The molecule has 0 spiro atoms. The fraction of sp³-hybridized carbons (Fsp3) is 0.600. The second-order valence-corrected chi connectivity index (χ2v) is 6.86. The summed E-state index contributed by atoms with van der Waals surface area (Å²) in [4.78, 5) is 26.7. The highest BCUT2D eigenvalue weighted by atomic mass is 32.1. The standard InChI is InChI=1S/C15H19NO3S/c1-8-5-6-20-13(8)11-7-12(11)14(17)16(10-3-4-10)9(2)15(18)19/h5-6,9-12H,3-4,7H2,1-2H3,(H,18,19). The third-order valence-electron chi connectivity index (χ3n) is 4.32. The molecule has 0 radical (unpaired) electrons. The molecule has 4 nitrogen and oxygen atoms in total. The Bertz CT molecular complexity index is 549. The average Bonchev–Trinajstić information content (AvgIpc) is 3.30. The minimum absolute atomic E-state index is 0.00486. The lowest BCUT2D eigenvalue weighted by Crippen LogP contribution is -2.45. The van der Waals surface area contributed by atoms with Gasteiger partial charge in [-0.05, 0) is 50.1 Å². The first-order valence-corrected chi connectivity index (χ1v) is 7.97. The van der Waals surface area contributed by atoms with Gasteiger partial charge in [0.2, 0.25) is 5.91 Å². The summed E-state index contributed by atoms with van der Waals surface area (Å²) in [5, 5.41) is 11.2. The van der Waals surface area contributed by atoms with Gasteiger partial charge in [0.25, 0.3) is 0 Å². The Morgan fingerprint density at radius 3 is 2.65 bits per heavy atom. The van der Waals surface area contributed by atoms with Gasteiger partial charge in [0, 0.05) is 22.8 Å². The van der Waals surface area contributed by atoms with Gasteiger partial charge in [0.1, 0.15) is 6.04 Å². The second-order valence-electron chi connectivity index (χ2n) is 5.91. The molecule has 3 unspecified atom stereocenters. The highest BCUT2D eigenvalue weighted by molar-refractivity contribution is 7.10. The molecular formula is C15H19NO3S. The third kappa shape index (κ3) is 2.35. The number of aliphatic carboxylic acids is 1. The molecule has 1 aromatic rings. The number of hydrogen-bond donors (Lipinski definition) is 1. The number of hydrogen-bond acceptors (Lipinski definition) is 3. The fourth-order valence-electron chi connectivity index (χ4n) is 2.87. The summed E-state index contributed by atoms with van der Waals surface area (Å²) in [7, 11) is 0. The zero-order chi connectivity index (χ0) is 14.4. The molecule has 0 saturated heterocycles. The van der Waals surface area contributed by atoms with E-state index in [0.29, 0.717) is 5.92 Å². The van der Waals surface area contributed by atoms with E-state index in [9.17, 15) is 14.7 Å². The van der Waals surface area contributed by atoms with E-state index in [4.69, 9.17) is 0 Å². The van der Waals surface area contributed by atoms with Crippen LogP contribution in [-0.4, -0.2) is 34.0 Å². The van der Waals surface area contributed by atoms with Gasteiger partial charge in [-0.15, -0.1) is 11.3 Å². The molecule has 108 valence electrons. The maximum absolute atomic E-state index is 12.6. The summed E-state index contributed by atoms with van der Waals surface area (Å²) in [6.45, 7) is 3.69. The third-order valence-corrected chi connectivity index (χ3v) is 5.47. The fourth-order valence-corrected chi connectivity index (χ4v) is 3.98. The van der Waals surface area contributed by atoms with Crippen LogP contribution in [0.5, 0.6) is 0 Å². The number of aryl methyl sites for hydroxylation is 1. The van der Waals surface area contributed by atoms with Crippen molar-refractivity contribution < 1.29 is 14.7 Å². The van der Waals surface area contributed by atoms with Crippen LogP contribution >= 0.6 is 11.3 Å². The van der Waals surface area contributed by atoms with Gasteiger partial charge in [-0.1, -0.05) is 0 Å². The summed E-state index contributed by atoms with van der Waals surface area (Å²) < 4.78 is 0. The molecule has 20 heavy (non-hydrogen) atoms. The second kappa shape index (κ2) is 4.88. The summed E-state index contributed by atoms with van der Waals surface area (Å²) in [5.41, 5.74) is 1.25. The Morgan fingerprint density at radius 1 is 1.45 bits per heavy atom. The Kier molecular flexibility index (Phi) is 3.32. The molecular weight excluding hydrogens is 274 g/mol. The monoisotopic (exact) mass is 293 g/mol. The largest absolute Gasteiger partial charge is 0.480 e. The van der Waals surface area contributed by atoms with Crippen molar-refractivity contribution in [3.8, 4) is 0 Å². The van der Waals surface area contributed by atoms with Crippen molar-refractivity contribution in [1.29, 1.82) is 0 Å². The number of amides is 1. The van der Waals surface area contributed by atoms with Crippen LogP contribution in [0.4, 0.5) is 0 Å². The van der Waals surface area contributed by atoms with Crippen LogP contribution in [0.15, 0.2) is 11.4 Å². The van der Waals surface area contributed by atoms with Crippen LogP contribution in [-0.2, 0) is 9.59 Å². The van der Waals surface area contributed by atoms with Crippen LogP contribution in [0, 0.1) is 12.8 Å². The lowest BCUT2D eigenvalue weighted by atomic mass is 10.1. The number of rotatable bonds is 5. The number of carbonyl (C=O) groups is 2. The number of carboxylic acid groups (broad SMARTS) is 1. The first kappa shape index (κ1) is 13.6. The van der Waals surface area contributed by atoms with E-state index in [2.05, 4.69) is 18.4 Å². The molecule has 1 amide bonds. The van der Waals surface area contributed by atoms with E-state index in [1.165, 1.54) is 10.4 Å². The van der Waals surface area contributed by atoms with E-state index in [-0.39, 0.29) is 17.9 Å². The molecule has 3 rings (SSSR count). The van der Waals surface area contributed by atoms with Crippen LogP contribution in [0.1, 0.15) is 42.5 Å². The molecule has 1 aromatic heterocycles. The summed E-state index contributed by atoms with van der Waals surface area (Å²) in [6.07, 6.45) is 2.76. The van der Waals surface area contributed by atoms with Gasteiger partial charge in [-0.3, -0.25) is 4.79 Å². The Hall–Kier alpha value is -1.36. The quantitative estimate of drug-likeness (QED) is 0.908. The predicted octanol–water partition coefficient (Wildman–Crippen LogP) is 2.62. The van der Waals surface area contributed by atoms with E-state index in [1.807, 2.05) is 0 Å². The maximum atomic E-state index is 12.6. The van der Waals surface area contributed by atoms with Crippen LogP contribution in [0.25, 0.3) is 0 Å². The van der Waals surface area contributed by atoms with Crippen molar-refractivity contribution in [2.75, 3.05) is 0 Å². The topological polar surface area (TPSA) is 57.6 Å². The van der Waals surface area contributed by atoms with Crippen molar-refractivity contribution in [3.63, 3.8) is 0 Å².